The van der Waals surface area contributed by atoms with Gasteiger partial charge in [0.25, 0.3) is 0 Å². The maximum Gasteiger partial charge on any atom is 0.233 e. The molecule has 0 aliphatic carbocycles. The first-order valence-electron chi connectivity index (χ1n) is 5.05. The molecular formula is C9H19N3O2. The molecule has 0 saturated carbocycles. The first kappa shape index (κ1) is 11.4. The van der Waals surface area contributed by atoms with Crippen molar-refractivity contribution in [3.05, 3.63) is 0 Å². The van der Waals surface area contributed by atoms with Crippen LogP contribution in [-0.4, -0.2) is 43.2 Å². The molecule has 0 bridgehead atoms. The van der Waals surface area contributed by atoms with E-state index in [2.05, 4.69) is 17.2 Å². The molecule has 1 aliphatic rings. The number of amides is 1. The number of carbonyl (C=O) groups is 1. The lowest BCUT2D eigenvalue weighted by atomic mass is 10.1. The monoisotopic (exact) mass is 201 g/mol. The van der Waals surface area contributed by atoms with Crippen LogP contribution in [0.4, 0.5) is 0 Å². The fraction of sp³-hybridized carbons (Fsp3) is 0.889. The summed E-state index contributed by atoms with van der Waals surface area (Å²) in [5.74, 6) is 4.91. The minimum atomic E-state index is -0.0925. The minimum Gasteiger partial charge on any atom is -0.379 e. The van der Waals surface area contributed by atoms with Crippen molar-refractivity contribution >= 4 is 5.91 Å². The number of ether oxygens (including phenoxy) is 1. The molecule has 5 heteroatoms. The topological polar surface area (TPSA) is 67.6 Å². The Kier molecular flexibility index (Phi) is 4.86. The maximum atomic E-state index is 10.9. The summed E-state index contributed by atoms with van der Waals surface area (Å²) < 4.78 is 5.26. The number of nitrogens with two attached hydrogens (primary N) is 1. The highest BCUT2D eigenvalue weighted by Gasteiger charge is 2.17. The van der Waals surface area contributed by atoms with E-state index in [0.717, 1.165) is 32.7 Å². The summed E-state index contributed by atoms with van der Waals surface area (Å²) in [4.78, 5) is 13.3. The van der Waals surface area contributed by atoms with Gasteiger partial charge in [0.1, 0.15) is 0 Å². The second kappa shape index (κ2) is 5.95. The summed E-state index contributed by atoms with van der Waals surface area (Å²) in [6.07, 6.45) is 1.35. The van der Waals surface area contributed by atoms with Gasteiger partial charge in [-0.25, -0.2) is 5.84 Å². The van der Waals surface area contributed by atoms with Crippen molar-refractivity contribution in [3.8, 4) is 0 Å². The smallest absolute Gasteiger partial charge is 0.233 e. The second-order valence-electron chi connectivity index (χ2n) is 3.60. The van der Waals surface area contributed by atoms with E-state index >= 15 is 0 Å². The van der Waals surface area contributed by atoms with Crippen LogP contribution in [0, 0.1) is 0 Å². The number of hydrazine groups is 1. The Labute approximate surface area is 84.5 Å². The molecule has 1 saturated heterocycles. The van der Waals surface area contributed by atoms with Crippen LogP contribution in [-0.2, 0) is 9.53 Å². The van der Waals surface area contributed by atoms with Crippen LogP contribution in [0.25, 0.3) is 0 Å². The molecule has 0 radical (unpaired) electrons. The van der Waals surface area contributed by atoms with E-state index in [1.54, 1.807) is 0 Å². The van der Waals surface area contributed by atoms with Gasteiger partial charge >= 0.3 is 0 Å². The molecule has 1 unspecified atom stereocenters. The van der Waals surface area contributed by atoms with Crippen molar-refractivity contribution in [3.63, 3.8) is 0 Å². The van der Waals surface area contributed by atoms with E-state index in [1.165, 1.54) is 0 Å². The van der Waals surface area contributed by atoms with Gasteiger partial charge in [0.05, 0.1) is 13.2 Å². The van der Waals surface area contributed by atoms with E-state index in [1.807, 2.05) is 0 Å². The molecule has 3 N–H and O–H groups in total. The van der Waals surface area contributed by atoms with Gasteiger partial charge in [-0.05, 0) is 13.3 Å². The Balaban J connectivity index is 2.19. The molecule has 1 amide bonds. The van der Waals surface area contributed by atoms with Crippen molar-refractivity contribution in [1.82, 2.24) is 10.3 Å². The van der Waals surface area contributed by atoms with Gasteiger partial charge in [0.2, 0.25) is 5.91 Å². The van der Waals surface area contributed by atoms with Crippen LogP contribution >= 0.6 is 0 Å². The average molecular weight is 201 g/mol. The van der Waals surface area contributed by atoms with Crippen molar-refractivity contribution in [2.45, 2.75) is 25.8 Å². The number of nitrogens with zero attached hydrogens (tertiary/aromatic N) is 1. The lowest BCUT2D eigenvalue weighted by molar-refractivity contribution is -0.121. The van der Waals surface area contributed by atoms with Crippen molar-refractivity contribution < 1.29 is 9.53 Å². The number of carbonyl (C=O) groups excluding carboxylic acids is 1. The molecule has 1 aliphatic heterocycles. The van der Waals surface area contributed by atoms with E-state index in [-0.39, 0.29) is 5.91 Å². The molecule has 0 spiro atoms. The molecule has 1 atom stereocenters. The largest absolute Gasteiger partial charge is 0.379 e. The molecule has 0 aromatic rings. The summed E-state index contributed by atoms with van der Waals surface area (Å²) in [5.41, 5.74) is 2.14. The quantitative estimate of drug-likeness (QED) is 0.365. The first-order valence-corrected chi connectivity index (χ1v) is 5.05. The van der Waals surface area contributed by atoms with Gasteiger partial charge in [-0.3, -0.25) is 15.1 Å². The lowest BCUT2D eigenvalue weighted by Gasteiger charge is -2.32. The summed E-state index contributed by atoms with van der Waals surface area (Å²) in [6, 6.07) is 0.427. The molecular weight excluding hydrogens is 182 g/mol. The fourth-order valence-electron chi connectivity index (χ4n) is 1.61. The van der Waals surface area contributed by atoms with Crippen molar-refractivity contribution in [1.29, 1.82) is 0 Å². The Morgan fingerprint density at radius 3 is 2.79 bits per heavy atom. The lowest BCUT2D eigenvalue weighted by Crippen LogP contribution is -2.42. The predicted molar refractivity (Wildman–Crippen MR) is 53.4 cm³/mol. The SMILES string of the molecule is CC(CCC(=O)NN)N1CCOCC1. The van der Waals surface area contributed by atoms with E-state index < -0.39 is 0 Å². The van der Waals surface area contributed by atoms with Gasteiger partial charge in [0, 0.05) is 25.6 Å². The van der Waals surface area contributed by atoms with Crippen LogP contribution < -0.4 is 11.3 Å². The summed E-state index contributed by atoms with van der Waals surface area (Å²) >= 11 is 0. The average Bonchev–Trinajstić information content (AvgIpc) is 2.26. The highest BCUT2D eigenvalue weighted by Crippen LogP contribution is 2.08. The number of hydrogen-bond donors (Lipinski definition) is 2. The van der Waals surface area contributed by atoms with Crippen LogP contribution in [0.3, 0.4) is 0 Å². The Hall–Kier alpha value is -0.650. The number of morpholine rings is 1. The molecule has 1 heterocycles. The molecule has 1 fully saturated rings. The van der Waals surface area contributed by atoms with Crippen molar-refractivity contribution in [2.24, 2.45) is 5.84 Å². The highest BCUT2D eigenvalue weighted by atomic mass is 16.5. The van der Waals surface area contributed by atoms with E-state index in [9.17, 15) is 4.79 Å². The normalized spacial score (nSPS) is 20.4. The maximum absolute atomic E-state index is 10.9. The van der Waals surface area contributed by atoms with Gasteiger partial charge in [-0.2, -0.15) is 0 Å². The van der Waals surface area contributed by atoms with Crippen molar-refractivity contribution in [2.75, 3.05) is 26.3 Å². The standard InChI is InChI=1S/C9H19N3O2/c1-8(2-3-9(13)11-10)12-4-6-14-7-5-12/h8H,2-7,10H2,1H3,(H,11,13). The Bertz CT molecular complexity index is 181. The zero-order valence-corrected chi connectivity index (χ0v) is 8.66. The molecule has 5 nitrogen and oxygen atoms in total. The summed E-state index contributed by atoms with van der Waals surface area (Å²) in [5, 5.41) is 0. The zero-order valence-electron chi connectivity index (χ0n) is 8.66. The van der Waals surface area contributed by atoms with Crippen LogP contribution in [0.2, 0.25) is 0 Å². The zero-order chi connectivity index (χ0) is 10.4. The van der Waals surface area contributed by atoms with E-state index in [0.29, 0.717) is 12.5 Å². The molecule has 14 heavy (non-hydrogen) atoms. The Morgan fingerprint density at radius 1 is 1.57 bits per heavy atom. The fourth-order valence-corrected chi connectivity index (χ4v) is 1.61. The van der Waals surface area contributed by atoms with Gasteiger partial charge in [-0.15, -0.1) is 0 Å². The predicted octanol–water partition coefficient (Wildman–Crippen LogP) is -0.523. The number of rotatable bonds is 4. The number of hydrogen-bond acceptors (Lipinski definition) is 4. The van der Waals surface area contributed by atoms with Crippen LogP contribution in [0.1, 0.15) is 19.8 Å². The van der Waals surface area contributed by atoms with Crippen LogP contribution in [0.15, 0.2) is 0 Å². The summed E-state index contributed by atoms with van der Waals surface area (Å²) in [6.45, 7) is 5.66. The summed E-state index contributed by atoms with van der Waals surface area (Å²) in [7, 11) is 0. The number of nitrogens with one attached hydrogen (secondary N) is 1. The molecule has 1 rings (SSSR count). The molecule has 0 aromatic heterocycles. The third-order valence-corrected chi connectivity index (χ3v) is 2.62. The Morgan fingerprint density at radius 2 is 2.21 bits per heavy atom. The molecule has 82 valence electrons. The highest BCUT2D eigenvalue weighted by molar-refractivity contribution is 5.75. The molecule has 0 aromatic carbocycles. The minimum absolute atomic E-state index is 0.0925. The third kappa shape index (κ3) is 3.61. The van der Waals surface area contributed by atoms with Gasteiger partial charge in [0.15, 0.2) is 0 Å². The third-order valence-electron chi connectivity index (χ3n) is 2.62. The van der Waals surface area contributed by atoms with Crippen LogP contribution in [0.5, 0.6) is 0 Å². The first-order chi connectivity index (χ1) is 6.74. The van der Waals surface area contributed by atoms with E-state index in [4.69, 9.17) is 10.6 Å². The van der Waals surface area contributed by atoms with Gasteiger partial charge in [-0.1, -0.05) is 0 Å². The second-order valence-corrected chi connectivity index (χ2v) is 3.60. The van der Waals surface area contributed by atoms with Gasteiger partial charge < -0.3 is 4.74 Å².